The fraction of sp³-hybridized carbons (Fsp3) is 0.0476. The summed E-state index contributed by atoms with van der Waals surface area (Å²) in [5, 5.41) is 2.31. The molecule has 2 aromatic carbocycles. The van der Waals surface area contributed by atoms with E-state index in [0.29, 0.717) is 19.8 Å². The van der Waals surface area contributed by atoms with E-state index in [1.54, 1.807) is 24.3 Å². The third-order valence-corrected chi connectivity index (χ3v) is 8.05. The molecule has 170 valence electrons. The Hall–Kier alpha value is -2.60. The number of rotatable bonds is 4. The molecule has 0 saturated heterocycles. The van der Waals surface area contributed by atoms with Gasteiger partial charge in [0.05, 0.1) is 20.1 Å². The number of amides is 1. The molecule has 0 saturated carbocycles. The van der Waals surface area contributed by atoms with Gasteiger partial charge in [-0.15, -0.1) is 15.7 Å². The molecular formula is C21H13BrClF2N3O3S2. The quantitative estimate of drug-likeness (QED) is 0.441. The number of halogens is 4. The summed E-state index contributed by atoms with van der Waals surface area (Å²) in [6.45, 7) is 0. The van der Waals surface area contributed by atoms with Gasteiger partial charge in [-0.3, -0.25) is 4.79 Å². The maximum absolute atomic E-state index is 13.9. The Balaban J connectivity index is 1.67. The number of nitrogens with zero attached hydrogens (tertiary/aromatic N) is 2. The molecule has 1 aromatic heterocycles. The van der Waals surface area contributed by atoms with Crippen molar-refractivity contribution in [2.24, 2.45) is 4.40 Å². The van der Waals surface area contributed by atoms with Gasteiger partial charge in [-0.2, -0.15) is 8.42 Å². The molecule has 12 heteroatoms. The first-order valence-corrected chi connectivity index (χ1v) is 12.6. The highest BCUT2D eigenvalue weighted by molar-refractivity contribution is 9.10. The Morgan fingerprint density at radius 1 is 1.09 bits per heavy atom. The lowest BCUT2D eigenvalue weighted by Gasteiger charge is -2.23. The lowest BCUT2D eigenvalue weighted by atomic mass is 10.2. The fourth-order valence-electron chi connectivity index (χ4n) is 2.93. The molecule has 1 aliphatic rings. The van der Waals surface area contributed by atoms with E-state index in [1.807, 2.05) is 0 Å². The fourth-order valence-corrected chi connectivity index (χ4v) is 5.28. The zero-order valence-electron chi connectivity index (χ0n) is 16.6. The number of nitrogens with one attached hydrogen (secondary N) is 1. The first kappa shape index (κ1) is 23.6. The number of thiophene rings is 1. The van der Waals surface area contributed by atoms with Crippen LogP contribution in [0, 0.1) is 11.6 Å². The van der Waals surface area contributed by atoms with Gasteiger partial charge in [-0.25, -0.2) is 13.1 Å². The van der Waals surface area contributed by atoms with Gasteiger partial charge in [0.1, 0.15) is 17.3 Å². The molecule has 1 amide bonds. The summed E-state index contributed by atoms with van der Waals surface area (Å²) < 4.78 is 57.3. The van der Waals surface area contributed by atoms with Crippen LogP contribution in [0.4, 0.5) is 14.5 Å². The minimum absolute atomic E-state index is 0.0595. The zero-order valence-corrected chi connectivity index (χ0v) is 20.6. The predicted molar refractivity (Wildman–Crippen MR) is 129 cm³/mol. The molecule has 2 heterocycles. The first-order chi connectivity index (χ1) is 15.5. The molecule has 1 N–H and O–H groups in total. The van der Waals surface area contributed by atoms with E-state index < -0.39 is 27.8 Å². The lowest BCUT2D eigenvalue weighted by molar-refractivity contribution is -0.113. The van der Waals surface area contributed by atoms with Crippen LogP contribution in [0.5, 0.6) is 0 Å². The van der Waals surface area contributed by atoms with Gasteiger partial charge in [-0.1, -0.05) is 17.7 Å². The maximum atomic E-state index is 13.9. The standard InChI is InChI=1S/C21H13BrClF2N3O3S2/c1-28-18(21(29)26-12-3-5-15(24)14(23)9-12)10-17(27-33(28,30)31)20-7-6-19(32-20)11-2-4-13(22)16(25)8-11/h2-10H,1H3,(H,26,29). The van der Waals surface area contributed by atoms with E-state index in [1.165, 1.54) is 42.7 Å². The van der Waals surface area contributed by atoms with Crippen molar-refractivity contribution < 1.29 is 22.0 Å². The molecule has 0 unspecified atom stereocenters. The predicted octanol–water partition coefficient (Wildman–Crippen LogP) is 5.61. The molecule has 3 aromatic rings. The van der Waals surface area contributed by atoms with Crippen LogP contribution < -0.4 is 5.32 Å². The number of anilines is 1. The third-order valence-electron chi connectivity index (χ3n) is 4.65. The lowest BCUT2D eigenvalue weighted by Crippen LogP contribution is -2.35. The van der Waals surface area contributed by atoms with Crippen molar-refractivity contribution >= 4 is 66.4 Å². The molecule has 0 spiro atoms. The number of carbonyl (C=O) groups is 1. The van der Waals surface area contributed by atoms with Crippen LogP contribution >= 0.6 is 38.9 Å². The minimum Gasteiger partial charge on any atom is -0.321 e. The molecule has 1 aliphatic heterocycles. The molecule has 6 nitrogen and oxygen atoms in total. The second kappa shape index (κ2) is 8.98. The third kappa shape index (κ3) is 4.86. The summed E-state index contributed by atoms with van der Waals surface area (Å²) in [5.41, 5.74) is 0.672. The van der Waals surface area contributed by atoms with Crippen LogP contribution in [-0.4, -0.2) is 31.4 Å². The van der Waals surface area contributed by atoms with Gasteiger partial charge >= 0.3 is 10.2 Å². The van der Waals surface area contributed by atoms with Crippen molar-refractivity contribution in [2.75, 3.05) is 12.4 Å². The largest absolute Gasteiger partial charge is 0.345 e. The Bertz CT molecular complexity index is 1450. The van der Waals surface area contributed by atoms with Gasteiger partial charge in [0.15, 0.2) is 0 Å². The normalized spacial score (nSPS) is 15.1. The van der Waals surface area contributed by atoms with Gasteiger partial charge in [0, 0.05) is 17.6 Å². The van der Waals surface area contributed by atoms with Crippen molar-refractivity contribution in [3.63, 3.8) is 0 Å². The summed E-state index contributed by atoms with van der Waals surface area (Å²) in [7, 11) is -2.98. The number of benzene rings is 2. The Morgan fingerprint density at radius 2 is 1.82 bits per heavy atom. The molecule has 33 heavy (non-hydrogen) atoms. The van der Waals surface area contributed by atoms with Crippen LogP contribution in [0.2, 0.25) is 5.02 Å². The highest BCUT2D eigenvalue weighted by atomic mass is 79.9. The highest BCUT2D eigenvalue weighted by Gasteiger charge is 2.30. The Kier molecular flexibility index (Phi) is 6.41. The molecule has 4 rings (SSSR count). The molecule has 0 bridgehead atoms. The van der Waals surface area contributed by atoms with Crippen LogP contribution in [0.3, 0.4) is 0 Å². The van der Waals surface area contributed by atoms with E-state index >= 15 is 0 Å². The minimum atomic E-state index is -4.18. The summed E-state index contributed by atoms with van der Waals surface area (Å²) >= 11 is 10.0. The molecule has 0 atom stereocenters. The summed E-state index contributed by atoms with van der Waals surface area (Å²) in [6, 6.07) is 11.6. The molecule has 0 aliphatic carbocycles. The number of carbonyl (C=O) groups excluding carboxylic acids is 1. The second-order valence-corrected chi connectivity index (χ2v) is 10.8. The SMILES string of the molecule is CN1C(C(=O)Nc2ccc(F)c(Cl)c2)=CC(c2ccc(-c3ccc(Br)c(F)c3)s2)=NS1(=O)=O. The Morgan fingerprint density at radius 3 is 2.52 bits per heavy atom. The van der Waals surface area contributed by atoms with E-state index in [9.17, 15) is 22.0 Å². The van der Waals surface area contributed by atoms with Crippen LogP contribution in [0.1, 0.15) is 4.88 Å². The van der Waals surface area contributed by atoms with Crippen molar-refractivity contribution in [1.29, 1.82) is 0 Å². The number of allylic oxidation sites excluding steroid dienone is 1. The van der Waals surface area contributed by atoms with Crippen molar-refractivity contribution in [3.8, 4) is 10.4 Å². The second-order valence-electron chi connectivity index (χ2n) is 6.83. The number of hydrogen-bond acceptors (Lipinski definition) is 4. The maximum Gasteiger partial charge on any atom is 0.345 e. The van der Waals surface area contributed by atoms with Crippen LogP contribution in [0.25, 0.3) is 10.4 Å². The zero-order chi connectivity index (χ0) is 23.9. The monoisotopic (exact) mass is 571 g/mol. The molecule has 0 fully saturated rings. The summed E-state index contributed by atoms with van der Waals surface area (Å²) in [6.07, 6.45) is 1.33. The van der Waals surface area contributed by atoms with E-state index in [4.69, 9.17) is 11.6 Å². The van der Waals surface area contributed by atoms with Crippen LogP contribution in [0.15, 0.2) is 69.2 Å². The topological polar surface area (TPSA) is 78.8 Å². The number of hydrogen-bond donors (Lipinski definition) is 1. The van der Waals surface area contributed by atoms with Gasteiger partial charge in [0.25, 0.3) is 5.91 Å². The van der Waals surface area contributed by atoms with Gasteiger partial charge in [0.2, 0.25) is 0 Å². The highest BCUT2D eigenvalue weighted by Crippen LogP contribution is 2.32. The smallest absolute Gasteiger partial charge is 0.321 e. The van der Waals surface area contributed by atoms with Crippen molar-refractivity contribution in [2.45, 2.75) is 0 Å². The molecule has 0 radical (unpaired) electrons. The van der Waals surface area contributed by atoms with Gasteiger partial charge < -0.3 is 5.32 Å². The average molecular weight is 573 g/mol. The molecular weight excluding hydrogens is 560 g/mol. The summed E-state index contributed by atoms with van der Waals surface area (Å²) in [4.78, 5) is 14.0. The van der Waals surface area contributed by atoms with Crippen molar-refractivity contribution in [3.05, 3.63) is 86.3 Å². The van der Waals surface area contributed by atoms with Crippen molar-refractivity contribution in [1.82, 2.24) is 4.31 Å². The average Bonchev–Trinajstić information content (AvgIpc) is 3.25. The van der Waals surface area contributed by atoms with Crippen LogP contribution in [-0.2, 0) is 15.0 Å². The van der Waals surface area contributed by atoms with E-state index in [-0.39, 0.29) is 22.1 Å². The first-order valence-electron chi connectivity index (χ1n) is 9.18. The van der Waals surface area contributed by atoms with Gasteiger partial charge in [-0.05, 0) is 70.0 Å². The number of likely N-dealkylation sites (N-methyl/N-ethyl adjacent to an activating group) is 1. The Labute approximate surface area is 205 Å². The van der Waals surface area contributed by atoms with E-state index in [2.05, 4.69) is 25.6 Å². The summed E-state index contributed by atoms with van der Waals surface area (Å²) in [5.74, 6) is -1.83. The van der Waals surface area contributed by atoms with E-state index in [0.717, 1.165) is 10.4 Å².